The molecule has 0 saturated heterocycles. The molecule has 1 N–H and O–H groups in total. The van der Waals surface area contributed by atoms with E-state index in [1.54, 1.807) is 18.2 Å². The average Bonchev–Trinajstić information content (AvgIpc) is 2.44. The second-order valence-electron chi connectivity index (χ2n) is 4.72. The highest BCUT2D eigenvalue weighted by Crippen LogP contribution is 2.26. The van der Waals surface area contributed by atoms with Crippen molar-refractivity contribution < 1.29 is 8.78 Å². The summed E-state index contributed by atoms with van der Waals surface area (Å²) in [4.78, 5) is 0. The summed E-state index contributed by atoms with van der Waals surface area (Å²) in [5.41, 5.74) is 1.76. The van der Waals surface area contributed by atoms with Gasteiger partial charge in [0.05, 0.1) is 5.02 Å². The molecule has 0 heterocycles. The van der Waals surface area contributed by atoms with E-state index >= 15 is 0 Å². The van der Waals surface area contributed by atoms with Crippen molar-refractivity contribution in [2.24, 2.45) is 0 Å². The summed E-state index contributed by atoms with van der Waals surface area (Å²) in [7, 11) is 1.85. The monoisotopic (exact) mass is 295 g/mol. The van der Waals surface area contributed by atoms with Crippen molar-refractivity contribution in [1.29, 1.82) is 0 Å². The van der Waals surface area contributed by atoms with Gasteiger partial charge in [-0.15, -0.1) is 0 Å². The summed E-state index contributed by atoms with van der Waals surface area (Å²) in [5.74, 6) is -0.563. The lowest BCUT2D eigenvalue weighted by molar-refractivity contribution is 0.603. The maximum Gasteiger partial charge on any atom is 0.142 e. The third-order valence-electron chi connectivity index (χ3n) is 3.29. The Kier molecular flexibility index (Phi) is 5.10. The molecule has 1 unspecified atom stereocenters. The van der Waals surface area contributed by atoms with Crippen LogP contribution in [-0.2, 0) is 6.42 Å². The normalized spacial score (nSPS) is 12.4. The molecule has 106 valence electrons. The lowest BCUT2D eigenvalue weighted by Crippen LogP contribution is -2.19. The van der Waals surface area contributed by atoms with Crippen LogP contribution in [0.3, 0.4) is 0 Å². The standard InChI is InChI=1S/C16H16ClF2N/c1-20-10-13(11-5-7-14(18)8-6-11)9-12-3-2-4-15(19)16(12)17/h2-8,13,20H,9-10H2,1H3. The van der Waals surface area contributed by atoms with Crippen LogP contribution in [0.1, 0.15) is 17.0 Å². The Morgan fingerprint density at radius 3 is 2.45 bits per heavy atom. The molecule has 0 aliphatic rings. The van der Waals surface area contributed by atoms with Crippen LogP contribution in [-0.4, -0.2) is 13.6 Å². The molecular formula is C16H16ClF2N. The van der Waals surface area contributed by atoms with Gasteiger partial charge in [0, 0.05) is 12.5 Å². The fraction of sp³-hybridized carbons (Fsp3) is 0.250. The van der Waals surface area contributed by atoms with E-state index in [4.69, 9.17) is 11.6 Å². The summed E-state index contributed by atoms with van der Waals surface area (Å²) in [6, 6.07) is 11.2. The van der Waals surface area contributed by atoms with Gasteiger partial charge in [-0.05, 0) is 42.8 Å². The number of rotatable bonds is 5. The molecule has 0 spiro atoms. The molecule has 0 bridgehead atoms. The maximum atomic E-state index is 13.5. The van der Waals surface area contributed by atoms with Crippen LogP contribution in [0.5, 0.6) is 0 Å². The lowest BCUT2D eigenvalue weighted by Gasteiger charge is -2.18. The van der Waals surface area contributed by atoms with Crippen LogP contribution < -0.4 is 5.32 Å². The highest BCUT2D eigenvalue weighted by atomic mass is 35.5. The number of nitrogens with one attached hydrogen (secondary N) is 1. The first-order chi connectivity index (χ1) is 9.61. The second-order valence-corrected chi connectivity index (χ2v) is 5.10. The van der Waals surface area contributed by atoms with Crippen molar-refractivity contribution in [2.75, 3.05) is 13.6 Å². The van der Waals surface area contributed by atoms with Gasteiger partial charge in [-0.3, -0.25) is 0 Å². The van der Waals surface area contributed by atoms with Crippen molar-refractivity contribution in [3.05, 3.63) is 70.2 Å². The van der Waals surface area contributed by atoms with E-state index in [0.717, 1.165) is 11.1 Å². The van der Waals surface area contributed by atoms with Gasteiger partial charge >= 0.3 is 0 Å². The van der Waals surface area contributed by atoms with Gasteiger partial charge in [0.25, 0.3) is 0 Å². The van der Waals surface area contributed by atoms with Crippen LogP contribution in [0.4, 0.5) is 8.78 Å². The Morgan fingerprint density at radius 2 is 1.80 bits per heavy atom. The van der Waals surface area contributed by atoms with Gasteiger partial charge in [0.1, 0.15) is 11.6 Å². The Bertz CT molecular complexity index is 569. The van der Waals surface area contributed by atoms with Gasteiger partial charge in [0.15, 0.2) is 0 Å². The fourth-order valence-electron chi connectivity index (χ4n) is 2.26. The minimum atomic E-state index is -0.411. The quantitative estimate of drug-likeness (QED) is 0.873. The van der Waals surface area contributed by atoms with Gasteiger partial charge in [-0.25, -0.2) is 8.78 Å². The lowest BCUT2D eigenvalue weighted by atomic mass is 9.92. The highest BCUT2D eigenvalue weighted by molar-refractivity contribution is 6.31. The molecular weight excluding hydrogens is 280 g/mol. The third-order valence-corrected chi connectivity index (χ3v) is 3.71. The summed E-state index contributed by atoms with van der Waals surface area (Å²) >= 11 is 5.99. The van der Waals surface area contributed by atoms with E-state index in [9.17, 15) is 8.78 Å². The largest absolute Gasteiger partial charge is 0.319 e. The van der Waals surface area contributed by atoms with Crippen molar-refractivity contribution in [3.63, 3.8) is 0 Å². The van der Waals surface area contributed by atoms with E-state index in [2.05, 4.69) is 5.32 Å². The predicted molar refractivity (Wildman–Crippen MR) is 78.2 cm³/mol. The zero-order valence-corrected chi connectivity index (χ0v) is 11.9. The fourth-order valence-corrected chi connectivity index (χ4v) is 2.46. The summed E-state index contributed by atoms with van der Waals surface area (Å²) < 4.78 is 26.5. The molecule has 2 aromatic rings. The minimum absolute atomic E-state index is 0.111. The first-order valence-electron chi connectivity index (χ1n) is 6.44. The number of hydrogen-bond acceptors (Lipinski definition) is 1. The molecule has 0 radical (unpaired) electrons. The van der Waals surface area contributed by atoms with Gasteiger partial charge in [-0.1, -0.05) is 35.9 Å². The first-order valence-corrected chi connectivity index (χ1v) is 6.82. The highest BCUT2D eigenvalue weighted by Gasteiger charge is 2.15. The Balaban J connectivity index is 2.25. The topological polar surface area (TPSA) is 12.0 Å². The Morgan fingerprint density at radius 1 is 1.10 bits per heavy atom. The molecule has 0 saturated carbocycles. The smallest absolute Gasteiger partial charge is 0.142 e. The zero-order chi connectivity index (χ0) is 14.5. The Hall–Kier alpha value is -1.45. The molecule has 0 aliphatic heterocycles. The second kappa shape index (κ2) is 6.82. The molecule has 0 aromatic heterocycles. The van der Waals surface area contributed by atoms with Gasteiger partial charge in [-0.2, -0.15) is 0 Å². The van der Waals surface area contributed by atoms with Crippen molar-refractivity contribution >= 4 is 11.6 Å². The zero-order valence-electron chi connectivity index (χ0n) is 11.2. The van der Waals surface area contributed by atoms with E-state index in [1.165, 1.54) is 18.2 Å². The summed E-state index contributed by atoms with van der Waals surface area (Å²) in [5, 5.41) is 3.27. The van der Waals surface area contributed by atoms with Crippen molar-refractivity contribution in [2.45, 2.75) is 12.3 Å². The van der Waals surface area contributed by atoms with E-state index in [0.29, 0.717) is 13.0 Å². The predicted octanol–water partition coefficient (Wildman–Crippen LogP) is 4.16. The van der Waals surface area contributed by atoms with Crippen LogP contribution in [0.15, 0.2) is 42.5 Å². The molecule has 0 amide bonds. The molecule has 2 aromatic carbocycles. The van der Waals surface area contributed by atoms with E-state index in [-0.39, 0.29) is 16.8 Å². The summed E-state index contributed by atoms with van der Waals surface area (Å²) in [6.45, 7) is 0.707. The molecule has 2 rings (SSSR count). The maximum absolute atomic E-state index is 13.5. The van der Waals surface area contributed by atoms with Gasteiger partial charge in [0.2, 0.25) is 0 Å². The number of hydrogen-bond donors (Lipinski definition) is 1. The number of halogens is 3. The van der Waals surface area contributed by atoms with Gasteiger partial charge < -0.3 is 5.32 Å². The first kappa shape index (κ1) is 14.9. The van der Waals surface area contributed by atoms with Crippen molar-refractivity contribution in [3.8, 4) is 0 Å². The molecule has 1 atom stereocenters. The Labute approximate surface area is 122 Å². The molecule has 0 aliphatic carbocycles. The van der Waals surface area contributed by atoms with E-state index in [1.807, 2.05) is 13.1 Å². The van der Waals surface area contributed by atoms with Crippen molar-refractivity contribution in [1.82, 2.24) is 5.32 Å². The van der Waals surface area contributed by atoms with Crippen LogP contribution in [0.25, 0.3) is 0 Å². The molecule has 20 heavy (non-hydrogen) atoms. The number of likely N-dealkylation sites (N-methyl/N-ethyl adjacent to an activating group) is 1. The number of benzene rings is 2. The van der Waals surface area contributed by atoms with Crippen LogP contribution >= 0.6 is 11.6 Å². The summed E-state index contributed by atoms with van der Waals surface area (Å²) in [6.07, 6.45) is 0.600. The third kappa shape index (κ3) is 3.56. The van der Waals surface area contributed by atoms with Crippen LogP contribution in [0.2, 0.25) is 5.02 Å². The molecule has 1 nitrogen and oxygen atoms in total. The molecule has 4 heteroatoms. The SMILES string of the molecule is CNCC(Cc1cccc(F)c1Cl)c1ccc(F)cc1. The van der Waals surface area contributed by atoms with Crippen LogP contribution in [0, 0.1) is 11.6 Å². The minimum Gasteiger partial charge on any atom is -0.319 e. The van der Waals surface area contributed by atoms with E-state index < -0.39 is 5.82 Å². The average molecular weight is 296 g/mol. The molecule has 0 fully saturated rings.